The molecule has 0 radical (unpaired) electrons. The van der Waals surface area contributed by atoms with Crippen LogP contribution in [0, 0.1) is 5.82 Å². The van der Waals surface area contributed by atoms with Gasteiger partial charge >= 0.3 is 0 Å². The van der Waals surface area contributed by atoms with Crippen molar-refractivity contribution in [3.05, 3.63) is 90.6 Å². The Morgan fingerprint density at radius 2 is 1.83 bits per heavy atom. The van der Waals surface area contributed by atoms with Gasteiger partial charge in [0, 0.05) is 22.7 Å². The first-order chi connectivity index (χ1) is 14.7. The van der Waals surface area contributed by atoms with Gasteiger partial charge in [-0.2, -0.15) is 0 Å². The van der Waals surface area contributed by atoms with Gasteiger partial charge in [0.1, 0.15) is 23.9 Å². The monoisotopic (exact) mass is 399 g/mol. The Hall–Kier alpha value is -3.93. The summed E-state index contributed by atoms with van der Waals surface area (Å²) in [6, 6.07) is 22.1. The van der Waals surface area contributed by atoms with Crippen molar-refractivity contribution < 1.29 is 13.9 Å². The molecule has 0 aliphatic carbocycles. The highest BCUT2D eigenvalue weighted by Gasteiger charge is 2.11. The lowest BCUT2D eigenvalue weighted by Crippen LogP contribution is -2.02. The van der Waals surface area contributed by atoms with Gasteiger partial charge in [-0.15, -0.1) is 10.2 Å². The van der Waals surface area contributed by atoms with Crippen LogP contribution in [0.4, 0.5) is 4.39 Å². The number of fused-ring (bicyclic) bond motifs is 2. The second kappa shape index (κ2) is 7.48. The van der Waals surface area contributed by atoms with Crippen molar-refractivity contribution in [1.29, 1.82) is 0 Å². The quantitative estimate of drug-likeness (QED) is 0.404. The summed E-state index contributed by atoms with van der Waals surface area (Å²) in [4.78, 5) is 0. The molecule has 30 heavy (non-hydrogen) atoms. The summed E-state index contributed by atoms with van der Waals surface area (Å²) in [5, 5.41) is 10.5. The molecule has 0 aliphatic heterocycles. The second-order valence-corrected chi connectivity index (χ2v) is 6.87. The molecule has 3 aromatic carbocycles. The maximum atomic E-state index is 14.2. The number of pyridine rings is 1. The minimum Gasteiger partial charge on any atom is -0.497 e. The van der Waals surface area contributed by atoms with Crippen molar-refractivity contribution in [2.24, 2.45) is 0 Å². The van der Waals surface area contributed by atoms with Crippen LogP contribution in [0.25, 0.3) is 27.5 Å². The van der Waals surface area contributed by atoms with E-state index in [9.17, 15) is 4.39 Å². The zero-order chi connectivity index (χ0) is 20.5. The van der Waals surface area contributed by atoms with Crippen molar-refractivity contribution in [1.82, 2.24) is 14.6 Å². The lowest BCUT2D eigenvalue weighted by atomic mass is 10.1. The topological polar surface area (TPSA) is 48.7 Å². The Morgan fingerprint density at radius 1 is 0.933 bits per heavy atom. The van der Waals surface area contributed by atoms with E-state index in [-0.39, 0.29) is 12.4 Å². The second-order valence-electron chi connectivity index (χ2n) is 6.87. The third-order valence-electron chi connectivity index (χ3n) is 5.06. The molecular weight excluding hydrogens is 381 g/mol. The molecule has 2 heterocycles. The summed E-state index contributed by atoms with van der Waals surface area (Å²) >= 11 is 0. The Morgan fingerprint density at radius 3 is 2.70 bits per heavy atom. The molecule has 5 aromatic rings. The van der Waals surface area contributed by atoms with Crippen LogP contribution < -0.4 is 9.47 Å². The van der Waals surface area contributed by atoms with Crippen LogP contribution in [-0.4, -0.2) is 21.7 Å². The Labute approximate surface area is 172 Å². The summed E-state index contributed by atoms with van der Waals surface area (Å²) in [5.41, 5.74) is 1.96. The van der Waals surface area contributed by atoms with E-state index in [0.29, 0.717) is 17.0 Å². The van der Waals surface area contributed by atoms with Crippen LogP contribution in [0.15, 0.2) is 79.0 Å². The van der Waals surface area contributed by atoms with E-state index in [1.807, 2.05) is 65.2 Å². The Bertz CT molecular complexity index is 1360. The van der Waals surface area contributed by atoms with Crippen molar-refractivity contribution >= 4 is 16.4 Å². The molecule has 0 fully saturated rings. The molecule has 0 saturated carbocycles. The largest absolute Gasteiger partial charge is 0.497 e. The average molecular weight is 399 g/mol. The molecule has 0 bridgehead atoms. The molecule has 5 rings (SSSR count). The van der Waals surface area contributed by atoms with E-state index < -0.39 is 0 Å². The molecule has 5 nitrogen and oxygen atoms in total. The first-order valence-corrected chi connectivity index (χ1v) is 9.51. The first kappa shape index (κ1) is 18.1. The maximum absolute atomic E-state index is 14.2. The third kappa shape index (κ3) is 3.22. The van der Waals surface area contributed by atoms with E-state index in [4.69, 9.17) is 9.47 Å². The highest BCUT2D eigenvalue weighted by atomic mass is 19.1. The van der Waals surface area contributed by atoms with Crippen molar-refractivity contribution in [3.63, 3.8) is 0 Å². The van der Waals surface area contributed by atoms with Crippen LogP contribution in [-0.2, 0) is 6.61 Å². The highest BCUT2D eigenvalue weighted by molar-refractivity contribution is 5.89. The fourth-order valence-electron chi connectivity index (χ4n) is 3.52. The summed E-state index contributed by atoms with van der Waals surface area (Å²) in [6.45, 7) is 0.229. The minimum atomic E-state index is -0.270. The van der Waals surface area contributed by atoms with E-state index in [0.717, 1.165) is 27.8 Å². The molecule has 0 atom stereocenters. The van der Waals surface area contributed by atoms with Gasteiger partial charge in [-0.25, -0.2) is 4.39 Å². The van der Waals surface area contributed by atoms with Gasteiger partial charge in [-0.05, 0) is 47.9 Å². The van der Waals surface area contributed by atoms with E-state index in [2.05, 4.69) is 10.2 Å². The van der Waals surface area contributed by atoms with Gasteiger partial charge in [0.2, 0.25) is 0 Å². The standard InChI is InChI=1S/C24H18FN3O2/c1-29-18-10-11-20-16(13-18)5-4-8-22(20)30-15-24-27-26-23-12-9-17(14-28(23)24)19-6-2-3-7-21(19)25/h2-14H,15H2,1H3. The maximum Gasteiger partial charge on any atom is 0.175 e. The third-order valence-corrected chi connectivity index (χ3v) is 5.06. The number of hydrogen-bond donors (Lipinski definition) is 0. The fourth-order valence-corrected chi connectivity index (χ4v) is 3.52. The van der Waals surface area contributed by atoms with Crippen molar-refractivity contribution in [2.45, 2.75) is 6.61 Å². The number of nitrogens with zero attached hydrogens (tertiary/aromatic N) is 3. The lowest BCUT2D eigenvalue weighted by Gasteiger charge is -2.10. The molecule has 0 aliphatic rings. The van der Waals surface area contributed by atoms with Crippen LogP contribution in [0.5, 0.6) is 11.5 Å². The number of hydrogen-bond acceptors (Lipinski definition) is 4. The van der Waals surface area contributed by atoms with Gasteiger partial charge in [0.15, 0.2) is 11.5 Å². The zero-order valence-electron chi connectivity index (χ0n) is 16.2. The fraction of sp³-hybridized carbons (Fsp3) is 0.0833. The van der Waals surface area contributed by atoms with Gasteiger partial charge in [0.05, 0.1) is 7.11 Å². The first-order valence-electron chi connectivity index (χ1n) is 9.51. The lowest BCUT2D eigenvalue weighted by molar-refractivity contribution is 0.298. The smallest absolute Gasteiger partial charge is 0.175 e. The molecule has 0 unspecified atom stereocenters. The predicted octanol–water partition coefficient (Wildman–Crippen LogP) is 5.28. The normalized spacial score (nSPS) is 11.1. The molecule has 0 amide bonds. The van der Waals surface area contributed by atoms with Crippen LogP contribution in [0.2, 0.25) is 0 Å². The number of halogens is 1. The van der Waals surface area contributed by atoms with Gasteiger partial charge < -0.3 is 9.47 Å². The van der Waals surface area contributed by atoms with Gasteiger partial charge in [0.25, 0.3) is 0 Å². The number of rotatable bonds is 5. The van der Waals surface area contributed by atoms with Crippen LogP contribution in [0.3, 0.4) is 0 Å². The molecular formula is C24H18FN3O2. The average Bonchev–Trinajstić information content (AvgIpc) is 3.19. The van der Waals surface area contributed by atoms with Gasteiger partial charge in [-0.1, -0.05) is 30.3 Å². The minimum absolute atomic E-state index is 0.229. The van der Waals surface area contributed by atoms with Gasteiger partial charge in [-0.3, -0.25) is 4.40 Å². The van der Waals surface area contributed by atoms with E-state index in [1.54, 1.807) is 19.2 Å². The highest BCUT2D eigenvalue weighted by Crippen LogP contribution is 2.29. The number of aromatic nitrogens is 3. The number of methoxy groups -OCH3 is 1. The molecule has 0 spiro atoms. The molecule has 0 saturated heterocycles. The zero-order valence-corrected chi connectivity index (χ0v) is 16.2. The van der Waals surface area contributed by atoms with Crippen LogP contribution >= 0.6 is 0 Å². The Kier molecular flexibility index (Phi) is 4.52. The van der Waals surface area contributed by atoms with Crippen LogP contribution in [0.1, 0.15) is 5.82 Å². The van der Waals surface area contributed by atoms with Crippen molar-refractivity contribution in [2.75, 3.05) is 7.11 Å². The molecule has 2 aromatic heterocycles. The Balaban J connectivity index is 1.47. The van der Waals surface area contributed by atoms with E-state index >= 15 is 0 Å². The number of ether oxygens (including phenoxy) is 2. The summed E-state index contributed by atoms with van der Waals surface area (Å²) in [6.07, 6.45) is 1.83. The SMILES string of the molecule is COc1ccc2c(OCc3nnc4ccc(-c5ccccc5F)cn34)cccc2c1. The molecule has 148 valence electrons. The molecule has 6 heteroatoms. The van der Waals surface area contributed by atoms with Crippen molar-refractivity contribution in [3.8, 4) is 22.6 Å². The summed E-state index contributed by atoms with van der Waals surface area (Å²) in [5.74, 6) is 1.91. The number of benzene rings is 3. The van der Waals surface area contributed by atoms with E-state index in [1.165, 1.54) is 6.07 Å². The molecule has 0 N–H and O–H groups in total. The predicted molar refractivity (Wildman–Crippen MR) is 113 cm³/mol. The summed E-state index contributed by atoms with van der Waals surface area (Å²) < 4.78 is 27.4. The summed E-state index contributed by atoms with van der Waals surface area (Å²) in [7, 11) is 1.65.